The molecule has 1 aliphatic heterocycles. The van der Waals surface area contributed by atoms with Crippen LogP contribution >= 0.6 is 0 Å². The molecular weight excluding hydrogens is 198 g/mol. The van der Waals surface area contributed by atoms with Gasteiger partial charge in [0.25, 0.3) is 0 Å². The molecule has 2 unspecified atom stereocenters. The van der Waals surface area contributed by atoms with Crippen LogP contribution in [0.25, 0.3) is 0 Å². The molecule has 1 aromatic rings. The van der Waals surface area contributed by atoms with Crippen LogP contribution in [0.3, 0.4) is 0 Å². The summed E-state index contributed by atoms with van der Waals surface area (Å²) in [5.74, 6) is 0. The van der Waals surface area contributed by atoms with Gasteiger partial charge in [-0.25, -0.2) is 0 Å². The van der Waals surface area contributed by atoms with Crippen molar-refractivity contribution < 1.29 is 4.74 Å². The summed E-state index contributed by atoms with van der Waals surface area (Å²) in [7, 11) is 0. The molecule has 86 valence electrons. The molecule has 1 fully saturated rings. The van der Waals surface area contributed by atoms with E-state index >= 15 is 0 Å². The van der Waals surface area contributed by atoms with Gasteiger partial charge in [0, 0.05) is 12.6 Å². The third kappa shape index (κ3) is 1.57. The highest BCUT2D eigenvalue weighted by Gasteiger charge is 2.40. The van der Waals surface area contributed by atoms with Crippen molar-refractivity contribution in [1.29, 1.82) is 0 Å². The molecule has 3 rings (SSSR count). The van der Waals surface area contributed by atoms with Crippen LogP contribution in [-0.4, -0.2) is 12.6 Å². The second-order valence-electron chi connectivity index (χ2n) is 5.11. The molecule has 0 bridgehead atoms. The average molecular weight is 217 g/mol. The first-order chi connectivity index (χ1) is 7.80. The molecule has 1 saturated heterocycles. The normalized spacial score (nSPS) is 33.7. The summed E-state index contributed by atoms with van der Waals surface area (Å²) in [4.78, 5) is 0. The predicted octanol–water partition coefficient (Wildman–Crippen LogP) is 2.36. The van der Waals surface area contributed by atoms with Crippen LogP contribution in [0.5, 0.6) is 0 Å². The van der Waals surface area contributed by atoms with E-state index in [1.807, 2.05) is 0 Å². The number of fused-ring (bicyclic) bond motifs is 2. The fourth-order valence-electron chi connectivity index (χ4n) is 3.23. The topological polar surface area (TPSA) is 35.2 Å². The first-order valence-electron chi connectivity index (χ1n) is 6.28. The summed E-state index contributed by atoms with van der Waals surface area (Å²) in [6.45, 7) is 0.815. The first kappa shape index (κ1) is 10.3. The standard InChI is InChI=1S/C14H19NO/c15-12-7-9-16-14(10-12)8-3-5-11-4-1-2-6-13(11)14/h1-2,4,6,12H,3,5,7-10,15H2. The van der Waals surface area contributed by atoms with Gasteiger partial charge in [-0.05, 0) is 43.2 Å². The fraction of sp³-hybridized carbons (Fsp3) is 0.571. The van der Waals surface area contributed by atoms with Crippen molar-refractivity contribution in [2.45, 2.75) is 43.7 Å². The average Bonchev–Trinajstić information content (AvgIpc) is 2.30. The molecule has 2 heteroatoms. The maximum Gasteiger partial charge on any atom is 0.0948 e. The number of nitrogens with two attached hydrogens (primary N) is 1. The molecular formula is C14H19NO. The zero-order valence-electron chi connectivity index (χ0n) is 9.61. The van der Waals surface area contributed by atoms with Crippen LogP contribution in [0, 0.1) is 0 Å². The lowest BCUT2D eigenvalue weighted by Crippen LogP contribution is -2.44. The van der Waals surface area contributed by atoms with Crippen molar-refractivity contribution >= 4 is 0 Å². The molecule has 2 nitrogen and oxygen atoms in total. The van der Waals surface area contributed by atoms with Crippen LogP contribution in [0.15, 0.2) is 24.3 Å². The van der Waals surface area contributed by atoms with Crippen molar-refractivity contribution in [3.05, 3.63) is 35.4 Å². The molecule has 2 aliphatic rings. The van der Waals surface area contributed by atoms with Gasteiger partial charge in [-0.2, -0.15) is 0 Å². The van der Waals surface area contributed by atoms with Crippen LogP contribution < -0.4 is 5.73 Å². The Morgan fingerprint density at radius 1 is 1.31 bits per heavy atom. The molecule has 0 amide bonds. The van der Waals surface area contributed by atoms with Crippen molar-refractivity contribution in [2.24, 2.45) is 5.73 Å². The Morgan fingerprint density at radius 3 is 3.06 bits per heavy atom. The van der Waals surface area contributed by atoms with Crippen molar-refractivity contribution in [2.75, 3.05) is 6.61 Å². The lowest BCUT2D eigenvalue weighted by molar-refractivity contribution is -0.100. The monoisotopic (exact) mass is 217 g/mol. The molecule has 1 aliphatic carbocycles. The summed E-state index contributed by atoms with van der Waals surface area (Å²) in [6.07, 6.45) is 5.55. The number of ether oxygens (including phenoxy) is 1. The number of hydrogen-bond acceptors (Lipinski definition) is 2. The molecule has 2 N–H and O–H groups in total. The van der Waals surface area contributed by atoms with E-state index in [9.17, 15) is 0 Å². The molecule has 0 radical (unpaired) electrons. The number of hydrogen-bond donors (Lipinski definition) is 1. The van der Waals surface area contributed by atoms with Gasteiger partial charge >= 0.3 is 0 Å². The van der Waals surface area contributed by atoms with Crippen LogP contribution in [-0.2, 0) is 16.8 Å². The van der Waals surface area contributed by atoms with E-state index in [2.05, 4.69) is 24.3 Å². The molecule has 0 aromatic heterocycles. The second kappa shape index (κ2) is 3.86. The third-order valence-electron chi connectivity index (χ3n) is 3.99. The lowest BCUT2D eigenvalue weighted by Gasteiger charge is -2.43. The van der Waals surface area contributed by atoms with Gasteiger partial charge in [0.15, 0.2) is 0 Å². The summed E-state index contributed by atoms with van der Waals surface area (Å²) < 4.78 is 6.12. The Kier molecular flexibility index (Phi) is 2.49. The summed E-state index contributed by atoms with van der Waals surface area (Å²) in [5.41, 5.74) is 8.91. The summed E-state index contributed by atoms with van der Waals surface area (Å²) in [6, 6.07) is 9.02. The Labute approximate surface area is 96.8 Å². The first-order valence-corrected chi connectivity index (χ1v) is 6.28. The summed E-state index contributed by atoms with van der Waals surface area (Å²) >= 11 is 0. The lowest BCUT2D eigenvalue weighted by atomic mass is 9.74. The van der Waals surface area contributed by atoms with Gasteiger partial charge in [-0.3, -0.25) is 0 Å². The van der Waals surface area contributed by atoms with E-state index in [-0.39, 0.29) is 5.60 Å². The van der Waals surface area contributed by atoms with E-state index < -0.39 is 0 Å². The molecule has 1 heterocycles. The highest BCUT2D eigenvalue weighted by Crippen LogP contribution is 2.43. The van der Waals surface area contributed by atoms with Gasteiger partial charge < -0.3 is 10.5 Å². The zero-order valence-corrected chi connectivity index (χ0v) is 9.61. The Morgan fingerprint density at radius 2 is 2.19 bits per heavy atom. The van der Waals surface area contributed by atoms with Crippen molar-refractivity contribution in [3.63, 3.8) is 0 Å². The van der Waals surface area contributed by atoms with Crippen LogP contribution in [0.4, 0.5) is 0 Å². The molecule has 16 heavy (non-hydrogen) atoms. The van der Waals surface area contributed by atoms with Gasteiger partial charge in [-0.1, -0.05) is 24.3 Å². The fourth-order valence-corrected chi connectivity index (χ4v) is 3.23. The smallest absolute Gasteiger partial charge is 0.0948 e. The maximum absolute atomic E-state index is 6.12. The maximum atomic E-state index is 6.12. The largest absolute Gasteiger partial charge is 0.370 e. The van der Waals surface area contributed by atoms with Crippen molar-refractivity contribution in [3.8, 4) is 0 Å². The number of benzene rings is 1. The highest BCUT2D eigenvalue weighted by molar-refractivity contribution is 5.35. The Bertz CT molecular complexity index is 390. The SMILES string of the molecule is NC1CCOC2(CCCc3ccccc32)C1. The number of aryl methyl sites for hydroxylation is 1. The molecule has 1 spiro atoms. The van der Waals surface area contributed by atoms with Crippen LogP contribution in [0.2, 0.25) is 0 Å². The van der Waals surface area contributed by atoms with E-state index in [1.54, 1.807) is 0 Å². The molecule has 1 aromatic carbocycles. The third-order valence-corrected chi connectivity index (χ3v) is 3.99. The minimum Gasteiger partial charge on any atom is -0.370 e. The predicted molar refractivity (Wildman–Crippen MR) is 64.2 cm³/mol. The highest BCUT2D eigenvalue weighted by atomic mass is 16.5. The van der Waals surface area contributed by atoms with E-state index in [0.29, 0.717) is 6.04 Å². The van der Waals surface area contributed by atoms with Gasteiger partial charge in [-0.15, -0.1) is 0 Å². The van der Waals surface area contributed by atoms with Gasteiger partial charge in [0.05, 0.1) is 5.60 Å². The summed E-state index contributed by atoms with van der Waals surface area (Å²) in [5, 5.41) is 0. The van der Waals surface area contributed by atoms with E-state index in [0.717, 1.165) is 25.9 Å². The van der Waals surface area contributed by atoms with E-state index in [4.69, 9.17) is 10.5 Å². The minimum atomic E-state index is -0.0630. The van der Waals surface area contributed by atoms with E-state index in [1.165, 1.54) is 24.0 Å². The number of rotatable bonds is 0. The van der Waals surface area contributed by atoms with Gasteiger partial charge in [0.2, 0.25) is 0 Å². The van der Waals surface area contributed by atoms with Crippen LogP contribution in [0.1, 0.15) is 36.8 Å². The van der Waals surface area contributed by atoms with Gasteiger partial charge in [0.1, 0.15) is 0 Å². The Hall–Kier alpha value is -0.860. The quantitative estimate of drug-likeness (QED) is 0.724. The zero-order chi connectivity index (χ0) is 11.0. The minimum absolute atomic E-state index is 0.0630. The van der Waals surface area contributed by atoms with Crippen molar-refractivity contribution in [1.82, 2.24) is 0 Å². The Balaban J connectivity index is 2.02. The molecule has 0 saturated carbocycles. The molecule has 2 atom stereocenters. The second-order valence-corrected chi connectivity index (χ2v) is 5.11.